The predicted molar refractivity (Wildman–Crippen MR) is 48.8 cm³/mol. The first-order valence-electron chi connectivity index (χ1n) is 5.09. The van der Waals surface area contributed by atoms with Crippen LogP contribution in [0.15, 0.2) is 0 Å². The molecule has 0 aromatic carbocycles. The average Bonchev–Trinajstić information content (AvgIpc) is 2.45. The molecule has 0 aromatic heterocycles. The third-order valence-corrected chi connectivity index (χ3v) is 3.71. The molecule has 0 aromatic rings. The van der Waals surface area contributed by atoms with Crippen LogP contribution in [0.5, 0.6) is 0 Å². The van der Waals surface area contributed by atoms with Gasteiger partial charge in [0.15, 0.2) is 0 Å². The Labute approximate surface area is 82.9 Å². The van der Waals surface area contributed by atoms with E-state index in [9.17, 15) is 15.0 Å². The van der Waals surface area contributed by atoms with Crippen molar-refractivity contribution in [2.24, 2.45) is 11.3 Å². The van der Waals surface area contributed by atoms with Gasteiger partial charge in [-0.2, -0.15) is 0 Å². The highest BCUT2D eigenvalue weighted by molar-refractivity contribution is 5.76. The van der Waals surface area contributed by atoms with E-state index >= 15 is 0 Å². The van der Waals surface area contributed by atoms with E-state index in [2.05, 4.69) is 0 Å². The van der Waals surface area contributed by atoms with Gasteiger partial charge in [0.25, 0.3) is 0 Å². The molecular formula is C10H16O4. The second-order valence-electron chi connectivity index (χ2n) is 4.49. The summed E-state index contributed by atoms with van der Waals surface area (Å²) in [7, 11) is 0. The van der Waals surface area contributed by atoms with Crippen molar-refractivity contribution in [1.29, 1.82) is 0 Å². The SMILES string of the molecule is CC1OCCC1C1(C(=O)O)CC(O)C1. The lowest BCUT2D eigenvalue weighted by molar-refractivity contribution is -0.173. The summed E-state index contributed by atoms with van der Waals surface area (Å²) >= 11 is 0. The van der Waals surface area contributed by atoms with Crippen LogP contribution in [0.25, 0.3) is 0 Å². The van der Waals surface area contributed by atoms with Gasteiger partial charge in [0.2, 0.25) is 0 Å². The average molecular weight is 200 g/mol. The second-order valence-corrected chi connectivity index (χ2v) is 4.49. The lowest BCUT2D eigenvalue weighted by atomic mass is 9.58. The van der Waals surface area contributed by atoms with Gasteiger partial charge in [-0.25, -0.2) is 0 Å². The van der Waals surface area contributed by atoms with E-state index in [1.54, 1.807) is 0 Å². The van der Waals surface area contributed by atoms with Crippen molar-refractivity contribution < 1.29 is 19.7 Å². The minimum Gasteiger partial charge on any atom is -0.481 e. The summed E-state index contributed by atoms with van der Waals surface area (Å²) in [4.78, 5) is 11.2. The number of carboxylic acids is 1. The summed E-state index contributed by atoms with van der Waals surface area (Å²) in [5, 5.41) is 18.5. The van der Waals surface area contributed by atoms with Crippen LogP contribution < -0.4 is 0 Å². The molecule has 1 aliphatic carbocycles. The van der Waals surface area contributed by atoms with Crippen LogP contribution in [0.1, 0.15) is 26.2 Å². The molecule has 4 nitrogen and oxygen atoms in total. The van der Waals surface area contributed by atoms with E-state index in [1.165, 1.54) is 0 Å². The highest BCUT2D eigenvalue weighted by Gasteiger charge is 2.57. The van der Waals surface area contributed by atoms with Crippen LogP contribution in [-0.4, -0.2) is 35.0 Å². The van der Waals surface area contributed by atoms with Gasteiger partial charge < -0.3 is 14.9 Å². The Hall–Kier alpha value is -0.610. The van der Waals surface area contributed by atoms with E-state index < -0.39 is 17.5 Å². The third kappa shape index (κ3) is 1.25. The molecule has 80 valence electrons. The maximum atomic E-state index is 11.2. The molecule has 2 aliphatic rings. The van der Waals surface area contributed by atoms with Crippen LogP contribution in [0.4, 0.5) is 0 Å². The van der Waals surface area contributed by atoms with Gasteiger partial charge in [0.05, 0.1) is 17.6 Å². The maximum Gasteiger partial charge on any atom is 0.310 e. The summed E-state index contributed by atoms with van der Waals surface area (Å²) in [6.07, 6.45) is 1.17. The molecule has 2 unspecified atom stereocenters. The van der Waals surface area contributed by atoms with Crippen molar-refractivity contribution in [3.63, 3.8) is 0 Å². The molecule has 1 aliphatic heterocycles. The number of aliphatic carboxylic acids is 1. The fraction of sp³-hybridized carbons (Fsp3) is 0.900. The Kier molecular flexibility index (Phi) is 2.27. The highest BCUT2D eigenvalue weighted by atomic mass is 16.5. The number of aliphatic hydroxyl groups is 1. The number of carboxylic acid groups (broad SMARTS) is 1. The molecule has 2 atom stereocenters. The molecule has 0 radical (unpaired) electrons. The molecule has 14 heavy (non-hydrogen) atoms. The first kappa shape index (κ1) is 9.93. The molecule has 1 saturated carbocycles. The summed E-state index contributed by atoms with van der Waals surface area (Å²) in [5.74, 6) is -0.700. The summed E-state index contributed by atoms with van der Waals surface area (Å²) in [6.45, 7) is 2.57. The van der Waals surface area contributed by atoms with Gasteiger partial charge in [0, 0.05) is 12.5 Å². The molecule has 1 saturated heterocycles. The fourth-order valence-electron chi connectivity index (χ4n) is 2.87. The smallest absolute Gasteiger partial charge is 0.310 e. The Morgan fingerprint density at radius 3 is 2.50 bits per heavy atom. The van der Waals surface area contributed by atoms with Gasteiger partial charge in [-0.3, -0.25) is 4.79 Å². The van der Waals surface area contributed by atoms with Gasteiger partial charge in [-0.15, -0.1) is 0 Å². The van der Waals surface area contributed by atoms with Crippen molar-refractivity contribution in [3.05, 3.63) is 0 Å². The minimum absolute atomic E-state index is 0.0126. The minimum atomic E-state index is -0.773. The van der Waals surface area contributed by atoms with Crippen molar-refractivity contribution in [3.8, 4) is 0 Å². The largest absolute Gasteiger partial charge is 0.481 e. The zero-order valence-corrected chi connectivity index (χ0v) is 8.27. The van der Waals surface area contributed by atoms with Gasteiger partial charge in [-0.1, -0.05) is 0 Å². The first-order valence-corrected chi connectivity index (χ1v) is 5.09. The van der Waals surface area contributed by atoms with Crippen LogP contribution in [0.3, 0.4) is 0 Å². The van der Waals surface area contributed by atoms with E-state index in [0.29, 0.717) is 19.4 Å². The van der Waals surface area contributed by atoms with Crippen molar-refractivity contribution in [2.75, 3.05) is 6.61 Å². The molecule has 0 spiro atoms. The van der Waals surface area contributed by atoms with E-state index in [-0.39, 0.29) is 12.0 Å². The summed E-state index contributed by atoms with van der Waals surface area (Å²) in [6, 6.07) is 0. The second kappa shape index (κ2) is 3.21. The lowest BCUT2D eigenvalue weighted by Crippen LogP contribution is -2.53. The van der Waals surface area contributed by atoms with E-state index in [4.69, 9.17) is 4.74 Å². The highest BCUT2D eigenvalue weighted by Crippen LogP contribution is 2.52. The number of carbonyl (C=O) groups is 1. The Bertz CT molecular complexity index is 245. The zero-order valence-electron chi connectivity index (χ0n) is 8.27. The molecule has 2 N–H and O–H groups in total. The number of ether oxygens (including phenoxy) is 1. The van der Waals surface area contributed by atoms with E-state index in [1.807, 2.05) is 6.92 Å². The van der Waals surface area contributed by atoms with Crippen molar-refractivity contribution in [2.45, 2.75) is 38.4 Å². The first-order chi connectivity index (χ1) is 6.56. The maximum absolute atomic E-state index is 11.2. The Morgan fingerprint density at radius 2 is 2.14 bits per heavy atom. The quantitative estimate of drug-likeness (QED) is 0.686. The molecule has 1 heterocycles. The predicted octanol–water partition coefficient (Wildman–Crippen LogP) is 0.637. The summed E-state index contributed by atoms with van der Waals surface area (Å²) < 4.78 is 5.39. The zero-order chi connectivity index (χ0) is 10.3. The number of hydrogen-bond acceptors (Lipinski definition) is 3. The Balaban J connectivity index is 2.15. The van der Waals surface area contributed by atoms with Gasteiger partial charge in [-0.05, 0) is 26.2 Å². The summed E-state index contributed by atoms with van der Waals surface area (Å²) in [5.41, 5.74) is -0.713. The number of aliphatic hydroxyl groups excluding tert-OH is 1. The van der Waals surface area contributed by atoms with Crippen LogP contribution in [0.2, 0.25) is 0 Å². The third-order valence-electron chi connectivity index (χ3n) is 3.71. The lowest BCUT2D eigenvalue weighted by Gasteiger charge is -2.46. The van der Waals surface area contributed by atoms with Crippen molar-refractivity contribution in [1.82, 2.24) is 0 Å². The van der Waals surface area contributed by atoms with Gasteiger partial charge in [0.1, 0.15) is 0 Å². The number of rotatable bonds is 2. The van der Waals surface area contributed by atoms with Gasteiger partial charge >= 0.3 is 5.97 Å². The molecule has 0 bridgehead atoms. The number of hydrogen-bond donors (Lipinski definition) is 2. The fourth-order valence-corrected chi connectivity index (χ4v) is 2.87. The molecule has 2 rings (SSSR count). The van der Waals surface area contributed by atoms with Crippen molar-refractivity contribution >= 4 is 5.97 Å². The monoisotopic (exact) mass is 200 g/mol. The molecule has 2 fully saturated rings. The van der Waals surface area contributed by atoms with E-state index in [0.717, 1.165) is 6.42 Å². The van der Waals surface area contributed by atoms with Crippen LogP contribution >= 0.6 is 0 Å². The molecular weight excluding hydrogens is 184 g/mol. The normalized spacial score (nSPS) is 47.4. The topological polar surface area (TPSA) is 66.8 Å². The standard InChI is InChI=1S/C10H16O4/c1-6-8(2-3-14-6)10(9(12)13)4-7(11)5-10/h6-8,11H,2-5H2,1H3,(H,12,13). The molecule has 0 amide bonds. The van der Waals surface area contributed by atoms with Crippen LogP contribution in [-0.2, 0) is 9.53 Å². The Morgan fingerprint density at radius 1 is 1.50 bits per heavy atom. The molecule has 4 heteroatoms. The van der Waals surface area contributed by atoms with Crippen LogP contribution in [0, 0.1) is 11.3 Å².